The largest absolute Gasteiger partial charge is 0.491 e. The molecule has 0 amide bonds. The smallest absolute Gasteiger partial charge is 0.384 e. The molecule has 8 nitrogen and oxygen atoms in total. The van der Waals surface area contributed by atoms with Crippen molar-refractivity contribution in [3.05, 3.63) is 48.5 Å². The lowest BCUT2D eigenvalue weighted by Gasteiger charge is -2.13. The number of aliphatic hydroxyl groups excluding tert-OH is 2. The molecular formula is C24H22O8. The summed E-state index contributed by atoms with van der Waals surface area (Å²) < 4.78 is 20.2. The second kappa shape index (κ2) is 12.7. The molecule has 166 valence electrons. The van der Waals surface area contributed by atoms with Gasteiger partial charge in [0, 0.05) is 11.8 Å². The van der Waals surface area contributed by atoms with E-state index in [0.717, 1.165) is 11.1 Å². The van der Waals surface area contributed by atoms with E-state index in [-0.39, 0.29) is 26.4 Å². The quantitative estimate of drug-likeness (QED) is 0.306. The normalized spacial score (nSPS) is 11.9. The average Bonchev–Trinajstić information content (AvgIpc) is 2.83. The highest BCUT2D eigenvalue weighted by molar-refractivity contribution is 5.87. The molecule has 0 aromatic heterocycles. The molecule has 2 N–H and O–H groups in total. The third-order valence-electron chi connectivity index (χ3n) is 3.98. The summed E-state index contributed by atoms with van der Waals surface area (Å²) in [5.41, 5.74) is 1.85. The molecular weight excluding hydrogens is 416 g/mol. The van der Waals surface area contributed by atoms with Crippen molar-refractivity contribution in [1.29, 1.82) is 0 Å². The van der Waals surface area contributed by atoms with Crippen LogP contribution < -0.4 is 9.47 Å². The number of benzene rings is 2. The molecule has 2 rings (SSSR count). The Bertz CT molecular complexity index is 886. The molecule has 0 spiro atoms. The Balaban J connectivity index is 1.80. The number of esters is 2. The Morgan fingerprint density at radius 2 is 1.03 bits per heavy atom. The highest BCUT2D eigenvalue weighted by atomic mass is 16.6. The van der Waals surface area contributed by atoms with Gasteiger partial charge in [-0.25, -0.2) is 9.59 Å². The molecule has 0 heterocycles. The number of hydrogen-bond donors (Lipinski definition) is 2. The lowest BCUT2D eigenvalue weighted by molar-refractivity contribution is -0.140. The summed E-state index contributed by atoms with van der Waals surface area (Å²) in [5.74, 6) is 2.97. The number of aliphatic hydroxyl groups is 2. The van der Waals surface area contributed by atoms with Crippen molar-refractivity contribution < 1.29 is 38.7 Å². The van der Waals surface area contributed by atoms with Crippen LogP contribution in [0.1, 0.15) is 0 Å². The lowest BCUT2D eigenvalue weighted by atomic mass is 10.1. The van der Waals surface area contributed by atoms with Gasteiger partial charge in [-0.1, -0.05) is 24.3 Å². The highest BCUT2D eigenvalue weighted by Crippen LogP contribution is 2.24. The van der Waals surface area contributed by atoms with Gasteiger partial charge in [0.25, 0.3) is 0 Å². The Morgan fingerprint density at radius 1 is 0.688 bits per heavy atom. The van der Waals surface area contributed by atoms with Gasteiger partial charge in [-0.05, 0) is 35.4 Å². The Kier molecular flexibility index (Phi) is 9.61. The molecule has 0 saturated carbocycles. The van der Waals surface area contributed by atoms with Crippen LogP contribution in [0.15, 0.2) is 48.5 Å². The van der Waals surface area contributed by atoms with E-state index in [1.54, 1.807) is 36.1 Å². The molecule has 0 saturated heterocycles. The minimum Gasteiger partial charge on any atom is -0.491 e. The summed E-state index contributed by atoms with van der Waals surface area (Å²) in [6.45, 7) is -0.612. The van der Waals surface area contributed by atoms with E-state index in [0.29, 0.717) is 11.5 Å². The van der Waals surface area contributed by atoms with E-state index in [4.69, 9.17) is 22.3 Å². The number of ether oxygens (including phenoxy) is 4. The lowest BCUT2D eigenvalue weighted by Crippen LogP contribution is -2.24. The van der Waals surface area contributed by atoms with E-state index in [9.17, 15) is 19.8 Å². The van der Waals surface area contributed by atoms with Crippen molar-refractivity contribution in [2.24, 2.45) is 0 Å². The molecule has 0 aliphatic carbocycles. The Hall–Kier alpha value is -3.98. The van der Waals surface area contributed by atoms with Crippen molar-refractivity contribution in [2.45, 2.75) is 12.2 Å². The van der Waals surface area contributed by atoms with Gasteiger partial charge in [0.2, 0.25) is 0 Å². The molecule has 2 aromatic carbocycles. The first-order valence-corrected chi connectivity index (χ1v) is 9.50. The monoisotopic (exact) mass is 438 g/mol. The minimum atomic E-state index is -0.998. The summed E-state index contributed by atoms with van der Waals surface area (Å²) in [6, 6.07) is 14.4. The molecule has 8 heteroatoms. The average molecular weight is 438 g/mol. The fraction of sp³-hybridized carbons (Fsp3) is 0.250. The molecule has 2 aromatic rings. The number of rotatable bonds is 11. The number of terminal acetylenes is 2. The van der Waals surface area contributed by atoms with Crippen molar-refractivity contribution in [2.75, 3.05) is 26.4 Å². The van der Waals surface area contributed by atoms with Crippen molar-refractivity contribution in [3.8, 4) is 47.3 Å². The second-order valence-electron chi connectivity index (χ2n) is 6.46. The van der Waals surface area contributed by atoms with Crippen LogP contribution in [0.2, 0.25) is 0 Å². The molecule has 0 aliphatic heterocycles. The van der Waals surface area contributed by atoms with Gasteiger partial charge in [0.15, 0.2) is 0 Å². The van der Waals surface area contributed by atoms with Gasteiger partial charge in [0.05, 0.1) is 0 Å². The van der Waals surface area contributed by atoms with Gasteiger partial charge < -0.3 is 29.2 Å². The summed E-state index contributed by atoms with van der Waals surface area (Å²) in [4.78, 5) is 21.7. The summed E-state index contributed by atoms with van der Waals surface area (Å²) in [5, 5.41) is 19.5. The van der Waals surface area contributed by atoms with Gasteiger partial charge in [-0.3, -0.25) is 0 Å². The van der Waals surface area contributed by atoms with Crippen LogP contribution in [0.3, 0.4) is 0 Å². The summed E-state index contributed by atoms with van der Waals surface area (Å²) in [7, 11) is 0. The number of hydrogen-bond acceptors (Lipinski definition) is 8. The van der Waals surface area contributed by atoms with E-state index in [1.165, 1.54) is 0 Å². The Labute approximate surface area is 185 Å². The number of carbonyl (C=O) groups excluding carboxylic acids is 2. The third kappa shape index (κ3) is 8.41. The number of carbonyl (C=O) groups is 2. The minimum absolute atomic E-state index is 0.0585. The zero-order valence-corrected chi connectivity index (χ0v) is 17.1. The van der Waals surface area contributed by atoms with Crippen molar-refractivity contribution in [1.82, 2.24) is 0 Å². The second-order valence-corrected chi connectivity index (χ2v) is 6.46. The zero-order chi connectivity index (χ0) is 23.3. The van der Waals surface area contributed by atoms with E-state index in [2.05, 4.69) is 9.47 Å². The molecule has 0 aliphatic rings. The van der Waals surface area contributed by atoms with E-state index < -0.39 is 24.1 Å². The van der Waals surface area contributed by atoms with E-state index >= 15 is 0 Å². The van der Waals surface area contributed by atoms with Crippen LogP contribution in [0.4, 0.5) is 0 Å². The fourth-order valence-corrected chi connectivity index (χ4v) is 2.40. The van der Waals surface area contributed by atoms with Gasteiger partial charge in [-0.2, -0.15) is 0 Å². The van der Waals surface area contributed by atoms with Crippen LogP contribution in [0, 0.1) is 24.7 Å². The topological polar surface area (TPSA) is 112 Å². The highest BCUT2D eigenvalue weighted by Gasteiger charge is 2.10. The molecule has 0 radical (unpaired) electrons. The predicted octanol–water partition coefficient (Wildman–Crippen LogP) is 1.19. The van der Waals surface area contributed by atoms with Crippen molar-refractivity contribution >= 4 is 11.9 Å². The van der Waals surface area contributed by atoms with Crippen LogP contribution >= 0.6 is 0 Å². The van der Waals surface area contributed by atoms with Gasteiger partial charge in [-0.15, -0.1) is 12.8 Å². The molecule has 0 bridgehead atoms. The van der Waals surface area contributed by atoms with Crippen LogP contribution in [-0.2, 0) is 19.1 Å². The maximum absolute atomic E-state index is 10.9. The fourth-order valence-electron chi connectivity index (χ4n) is 2.40. The Morgan fingerprint density at radius 3 is 1.34 bits per heavy atom. The summed E-state index contributed by atoms with van der Waals surface area (Å²) in [6.07, 6.45) is 7.75. The zero-order valence-electron chi connectivity index (χ0n) is 17.1. The van der Waals surface area contributed by atoms with Crippen molar-refractivity contribution in [3.63, 3.8) is 0 Å². The van der Waals surface area contributed by atoms with Crippen LogP contribution in [0.25, 0.3) is 11.1 Å². The van der Waals surface area contributed by atoms with Crippen LogP contribution in [0.5, 0.6) is 11.5 Å². The first kappa shape index (κ1) is 24.3. The first-order valence-electron chi connectivity index (χ1n) is 9.50. The SMILES string of the molecule is C#CC(=O)OCC(O)COc1ccc(-c2ccc(OCC(O)COC(=O)C#C)cc2)cc1. The molecule has 2 atom stereocenters. The molecule has 32 heavy (non-hydrogen) atoms. The van der Waals surface area contributed by atoms with Gasteiger partial charge in [0.1, 0.15) is 50.1 Å². The molecule has 0 fully saturated rings. The maximum Gasteiger partial charge on any atom is 0.384 e. The van der Waals surface area contributed by atoms with Crippen LogP contribution in [-0.4, -0.2) is 60.8 Å². The predicted molar refractivity (Wildman–Crippen MR) is 114 cm³/mol. The van der Waals surface area contributed by atoms with Gasteiger partial charge >= 0.3 is 11.9 Å². The maximum atomic E-state index is 10.9. The first-order chi connectivity index (χ1) is 15.4. The third-order valence-corrected chi connectivity index (χ3v) is 3.98. The summed E-state index contributed by atoms with van der Waals surface area (Å²) >= 11 is 0. The van der Waals surface area contributed by atoms with E-state index in [1.807, 2.05) is 24.3 Å². The standard InChI is InChI=1S/C24H22O8/c1-3-23(27)31-15-19(25)13-29-21-9-5-17(6-10-21)18-7-11-22(12-8-18)30-14-20(26)16-32-24(28)4-2/h1-2,5-12,19-20,25-26H,13-16H2. The molecule has 2 unspecified atom stereocenters.